The summed E-state index contributed by atoms with van der Waals surface area (Å²) in [6.45, 7) is 3.86. The van der Waals surface area contributed by atoms with Crippen molar-refractivity contribution in [1.82, 2.24) is 0 Å². The summed E-state index contributed by atoms with van der Waals surface area (Å²) in [6.07, 6.45) is 6.54. The van der Waals surface area contributed by atoms with Gasteiger partial charge in [0.15, 0.2) is 6.10 Å². The van der Waals surface area contributed by atoms with Gasteiger partial charge in [0.2, 0.25) is 0 Å². The van der Waals surface area contributed by atoms with Crippen LogP contribution in [0.1, 0.15) is 65.9 Å². The molecule has 0 spiro atoms. The normalized spacial score (nSPS) is 14.4. The maximum atomic E-state index is 12.7. The number of hydrogen-bond acceptors (Lipinski definition) is 5. The molecule has 0 fully saturated rings. The van der Waals surface area contributed by atoms with Crippen molar-refractivity contribution >= 4 is 28.2 Å². The van der Waals surface area contributed by atoms with Gasteiger partial charge in [0.05, 0.1) is 12.7 Å². The Morgan fingerprint density at radius 3 is 2.55 bits per heavy atom. The lowest BCUT2D eigenvalue weighted by atomic mass is 10.1. The van der Waals surface area contributed by atoms with Crippen molar-refractivity contribution in [3.8, 4) is 5.75 Å². The van der Waals surface area contributed by atoms with Crippen LogP contribution in [0.3, 0.4) is 0 Å². The SMILES string of the molecule is CCCc1ccc(OC(C)C(=O)Nc2sc3c(c2C(=O)OC)CCCCC3)cc1. The van der Waals surface area contributed by atoms with Gasteiger partial charge in [0.1, 0.15) is 10.8 Å². The van der Waals surface area contributed by atoms with Crippen molar-refractivity contribution in [3.63, 3.8) is 0 Å². The smallest absolute Gasteiger partial charge is 0.341 e. The number of thiophene rings is 1. The van der Waals surface area contributed by atoms with E-state index < -0.39 is 6.10 Å². The third-order valence-corrected chi connectivity index (χ3v) is 6.40. The molecule has 156 valence electrons. The van der Waals surface area contributed by atoms with Crippen LogP contribution >= 0.6 is 11.3 Å². The Morgan fingerprint density at radius 1 is 1.14 bits per heavy atom. The molecule has 3 rings (SSSR count). The minimum Gasteiger partial charge on any atom is -0.481 e. The van der Waals surface area contributed by atoms with Crippen LogP contribution in [-0.2, 0) is 28.8 Å². The standard InChI is InChI=1S/C23H29NO4S/c1-4-8-16-11-13-17(14-12-16)28-15(2)21(25)24-22-20(23(26)27-3)18-9-6-5-7-10-19(18)29-22/h11-15H,4-10H2,1-3H3,(H,24,25). The van der Waals surface area contributed by atoms with Gasteiger partial charge in [-0.25, -0.2) is 4.79 Å². The highest BCUT2D eigenvalue weighted by molar-refractivity contribution is 7.17. The summed E-state index contributed by atoms with van der Waals surface area (Å²) in [5, 5.41) is 3.48. The summed E-state index contributed by atoms with van der Waals surface area (Å²) >= 11 is 1.49. The second kappa shape index (κ2) is 9.92. The molecule has 6 heteroatoms. The second-order valence-electron chi connectivity index (χ2n) is 7.40. The zero-order valence-corrected chi connectivity index (χ0v) is 18.2. The van der Waals surface area contributed by atoms with E-state index in [0.717, 1.165) is 50.5 Å². The Labute approximate surface area is 176 Å². The van der Waals surface area contributed by atoms with Crippen LogP contribution in [0.15, 0.2) is 24.3 Å². The Bertz CT molecular complexity index is 857. The lowest BCUT2D eigenvalue weighted by Gasteiger charge is -2.15. The van der Waals surface area contributed by atoms with Crippen molar-refractivity contribution in [2.75, 3.05) is 12.4 Å². The van der Waals surface area contributed by atoms with Gasteiger partial charge in [0, 0.05) is 4.88 Å². The first-order valence-corrected chi connectivity index (χ1v) is 11.1. The molecule has 1 atom stereocenters. The number of aryl methyl sites for hydroxylation is 2. The highest BCUT2D eigenvalue weighted by Gasteiger charge is 2.27. The highest BCUT2D eigenvalue weighted by atomic mass is 32.1. The van der Waals surface area contributed by atoms with Gasteiger partial charge >= 0.3 is 5.97 Å². The molecule has 0 aliphatic heterocycles. The molecule has 0 saturated heterocycles. The van der Waals surface area contributed by atoms with Crippen molar-refractivity contribution < 1.29 is 19.1 Å². The van der Waals surface area contributed by atoms with E-state index in [2.05, 4.69) is 12.2 Å². The summed E-state index contributed by atoms with van der Waals surface area (Å²) < 4.78 is 10.8. The summed E-state index contributed by atoms with van der Waals surface area (Å²) in [6, 6.07) is 7.83. The number of hydrogen-bond donors (Lipinski definition) is 1. The van der Waals surface area contributed by atoms with Crippen LogP contribution in [-0.4, -0.2) is 25.1 Å². The molecule has 0 radical (unpaired) electrons. The molecule has 1 amide bonds. The number of esters is 1. The zero-order chi connectivity index (χ0) is 20.8. The average Bonchev–Trinajstić information content (AvgIpc) is 2.89. The van der Waals surface area contributed by atoms with Crippen molar-refractivity contribution in [2.24, 2.45) is 0 Å². The van der Waals surface area contributed by atoms with Gasteiger partial charge in [-0.3, -0.25) is 4.79 Å². The summed E-state index contributed by atoms with van der Waals surface area (Å²) in [5.74, 6) is -0.00774. The Morgan fingerprint density at radius 2 is 1.86 bits per heavy atom. The number of anilines is 1. The predicted octanol–water partition coefficient (Wildman–Crippen LogP) is 5.16. The van der Waals surface area contributed by atoms with Gasteiger partial charge < -0.3 is 14.8 Å². The van der Waals surface area contributed by atoms with E-state index >= 15 is 0 Å². The molecule has 1 aromatic heterocycles. The molecule has 29 heavy (non-hydrogen) atoms. The first-order valence-electron chi connectivity index (χ1n) is 10.3. The van der Waals surface area contributed by atoms with Crippen molar-refractivity contribution in [3.05, 3.63) is 45.8 Å². The lowest BCUT2D eigenvalue weighted by molar-refractivity contribution is -0.122. The maximum Gasteiger partial charge on any atom is 0.341 e. The lowest BCUT2D eigenvalue weighted by Crippen LogP contribution is -2.30. The third kappa shape index (κ3) is 5.18. The molecule has 1 aliphatic rings. The topological polar surface area (TPSA) is 64.6 Å². The van der Waals surface area contributed by atoms with E-state index in [-0.39, 0.29) is 11.9 Å². The van der Waals surface area contributed by atoms with E-state index in [9.17, 15) is 9.59 Å². The van der Waals surface area contributed by atoms with E-state index in [1.54, 1.807) is 6.92 Å². The molecule has 1 aromatic carbocycles. The van der Waals surface area contributed by atoms with Crippen LogP contribution in [0.4, 0.5) is 5.00 Å². The van der Waals surface area contributed by atoms with Crippen LogP contribution in [0.2, 0.25) is 0 Å². The largest absolute Gasteiger partial charge is 0.481 e. The second-order valence-corrected chi connectivity index (χ2v) is 8.51. The number of methoxy groups -OCH3 is 1. The van der Waals surface area contributed by atoms with Gasteiger partial charge in [-0.05, 0) is 62.3 Å². The van der Waals surface area contributed by atoms with E-state index in [1.165, 1.54) is 28.9 Å². The van der Waals surface area contributed by atoms with E-state index in [4.69, 9.17) is 9.47 Å². The molecule has 0 saturated carbocycles. The summed E-state index contributed by atoms with van der Waals surface area (Å²) in [7, 11) is 1.38. The Kier molecular flexibility index (Phi) is 7.31. The Hall–Kier alpha value is -2.34. The number of ether oxygens (including phenoxy) is 2. The van der Waals surface area contributed by atoms with Crippen LogP contribution in [0.25, 0.3) is 0 Å². The van der Waals surface area contributed by atoms with Crippen molar-refractivity contribution in [1.29, 1.82) is 0 Å². The molecule has 2 aromatic rings. The fraction of sp³-hybridized carbons (Fsp3) is 0.478. The van der Waals surface area contributed by atoms with Gasteiger partial charge in [-0.2, -0.15) is 0 Å². The minimum atomic E-state index is -0.681. The molecular formula is C23H29NO4S. The van der Waals surface area contributed by atoms with Crippen LogP contribution < -0.4 is 10.1 Å². The van der Waals surface area contributed by atoms with Crippen LogP contribution in [0.5, 0.6) is 5.75 Å². The van der Waals surface area contributed by atoms with Gasteiger partial charge in [-0.15, -0.1) is 11.3 Å². The molecule has 5 nitrogen and oxygen atoms in total. The first kappa shape index (κ1) is 21.4. The molecule has 1 aliphatic carbocycles. The molecule has 1 heterocycles. The minimum absolute atomic E-state index is 0.274. The highest BCUT2D eigenvalue weighted by Crippen LogP contribution is 2.38. The molecule has 0 bridgehead atoms. The van der Waals surface area contributed by atoms with E-state index in [1.807, 2.05) is 24.3 Å². The fourth-order valence-corrected chi connectivity index (χ4v) is 4.92. The number of benzene rings is 1. The first-order chi connectivity index (χ1) is 14.0. The Balaban J connectivity index is 1.73. The van der Waals surface area contributed by atoms with Gasteiger partial charge in [-0.1, -0.05) is 31.9 Å². The van der Waals surface area contributed by atoms with Gasteiger partial charge in [0.25, 0.3) is 5.91 Å². The predicted molar refractivity (Wildman–Crippen MR) is 116 cm³/mol. The zero-order valence-electron chi connectivity index (χ0n) is 17.4. The summed E-state index contributed by atoms with van der Waals surface area (Å²) in [4.78, 5) is 26.3. The number of nitrogens with one attached hydrogen (secondary N) is 1. The maximum absolute atomic E-state index is 12.7. The van der Waals surface area contributed by atoms with Crippen LogP contribution in [0, 0.1) is 0 Å². The summed E-state index contributed by atoms with van der Waals surface area (Å²) in [5.41, 5.74) is 2.80. The fourth-order valence-electron chi connectivity index (χ4n) is 3.64. The average molecular weight is 416 g/mol. The van der Waals surface area contributed by atoms with E-state index in [0.29, 0.717) is 16.3 Å². The monoisotopic (exact) mass is 415 g/mol. The number of fused-ring (bicyclic) bond motifs is 1. The number of carbonyl (C=O) groups excluding carboxylic acids is 2. The third-order valence-electron chi connectivity index (χ3n) is 5.19. The molecule has 1 unspecified atom stereocenters. The molecular weight excluding hydrogens is 386 g/mol. The number of amides is 1. The number of rotatable bonds is 7. The number of carbonyl (C=O) groups is 2. The molecule has 1 N–H and O–H groups in total. The van der Waals surface area contributed by atoms with Crippen molar-refractivity contribution in [2.45, 2.75) is 64.9 Å². The quantitative estimate of drug-likeness (QED) is 0.501.